The molecule has 0 saturated heterocycles. The lowest BCUT2D eigenvalue weighted by molar-refractivity contribution is 0.534. The third kappa shape index (κ3) is 3.87. The SMILES string of the molecule is CCCNc1ncc2nc(Nc3ccccc3F)n(CC(C)C)c2n1. The van der Waals surface area contributed by atoms with E-state index in [4.69, 9.17) is 0 Å². The quantitative estimate of drug-likeness (QED) is 0.674. The summed E-state index contributed by atoms with van der Waals surface area (Å²) in [5, 5.41) is 6.28. The molecule has 3 aromatic rings. The van der Waals surface area contributed by atoms with Gasteiger partial charge in [0.05, 0.1) is 11.9 Å². The molecule has 6 nitrogen and oxygen atoms in total. The van der Waals surface area contributed by atoms with E-state index in [1.165, 1.54) is 6.07 Å². The third-order valence-corrected chi connectivity index (χ3v) is 3.69. The highest BCUT2D eigenvalue weighted by Crippen LogP contribution is 2.24. The molecular weight excluding hydrogens is 319 g/mol. The molecule has 0 spiro atoms. The largest absolute Gasteiger partial charge is 0.354 e. The molecule has 0 aliphatic heterocycles. The molecule has 0 atom stereocenters. The van der Waals surface area contributed by atoms with Crippen LogP contribution in [0.15, 0.2) is 30.5 Å². The molecular formula is C18H23FN6. The summed E-state index contributed by atoms with van der Waals surface area (Å²) in [4.78, 5) is 13.5. The Morgan fingerprint density at radius 1 is 1.20 bits per heavy atom. The van der Waals surface area contributed by atoms with Crippen molar-refractivity contribution in [3.63, 3.8) is 0 Å². The summed E-state index contributed by atoms with van der Waals surface area (Å²) in [7, 11) is 0. The van der Waals surface area contributed by atoms with E-state index in [0.717, 1.165) is 25.2 Å². The fourth-order valence-electron chi connectivity index (χ4n) is 2.56. The molecule has 0 saturated carbocycles. The molecule has 2 aromatic heterocycles. The van der Waals surface area contributed by atoms with Crippen LogP contribution < -0.4 is 10.6 Å². The molecule has 1 aromatic carbocycles. The summed E-state index contributed by atoms with van der Waals surface area (Å²) in [6, 6.07) is 6.56. The standard InChI is InChI=1S/C18H23FN6/c1-4-9-20-17-21-10-15-16(24-17)25(11-12(2)3)18(23-15)22-14-8-6-5-7-13(14)19/h5-8,10,12H,4,9,11H2,1-3H3,(H,22,23)(H,20,21,24). The molecule has 3 rings (SSSR count). The van der Waals surface area contributed by atoms with E-state index in [9.17, 15) is 4.39 Å². The van der Waals surface area contributed by atoms with Crippen LogP contribution in [0.1, 0.15) is 27.2 Å². The van der Waals surface area contributed by atoms with Gasteiger partial charge in [0.2, 0.25) is 11.9 Å². The van der Waals surface area contributed by atoms with Crippen molar-refractivity contribution in [2.45, 2.75) is 33.7 Å². The van der Waals surface area contributed by atoms with E-state index in [0.29, 0.717) is 29.0 Å². The number of imidazole rings is 1. The van der Waals surface area contributed by atoms with Crippen molar-refractivity contribution in [3.05, 3.63) is 36.3 Å². The smallest absolute Gasteiger partial charge is 0.224 e. The number of hydrogen-bond acceptors (Lipinski definition) is 5. The number of halogens is 1. The molecule has 25 heavy (non-hydrogen) atoms. The first-order valence-corrected chi connectivity index (χ1v) is 8.57. The topological polar surface area (TPSA) is 67.7 Å². The maximum atomic E-state index is 14.0. The lowest BCUT2D eigenvalue weighted by Crippen LogP contribution is -2.10. The molecule has 7 heteroatoms. The summed E-state index contributed by atoms with van der Waals surface area (Å²) in [6.45, 7) is 7.86. The summed E-state index contributed by atoms with van der Waals surface area (Å²) in [5.41, 5.74) is 1.81. The van der Waals surface area contributed by atoms with Crippen molar-refractivity contribution >= 4 is 28.7 Å². The van der Waals surface area contributed by atoms with Gasteiger partial charge in [-0.1, -0.05) is 32.9 Å². The fourth-order valence-corrected chi connectivity index (χ4v) is 2.56. The molecule has 2 heterocycles. The van der Waals surface area contributed by atoms with Crippen LogP contribution in [0.25, 0.3) is 11.2 Å². The second-order valence-corrected chi connectivity index (χ2v) is 6.37. The van der Waals surface area contributed by atoms with E-state index in [2.05, 4.69) is 46.4 Å². The number of fused-ring (bicyclic) bond motifs is 1. The summed E-state index contributed by atoms with van der Waals surface area (Å²) < 4.78 is 16.0. The predicted molar refractivity (Wildman–Crippen MR) is 98.6 cm³/mol. The fraction of sp³-hybridized carbons (Fsp3) is 0.389. The lowest BCUT2D eigenvalue weighted by Gasteiger charge is -2.13. The molecule has 0 amide bonds. The van der Waals surface area contributed by atoms with Gasteiger partial charge in [0.1, 0.15) is 11.3 Å². The number of rotatable bonds is 7. The van der Waals surface area contributed by atoms with Crippen LogP contribution in [0.5, 0.6) is 0 Å². The third-order valence-electron chi connectivity index (χ3n) is 3.69. The molecule has 2 N–H and O–H groups in total. The van der Waals surface area contributed by atoms with Crippen molar-refractivity contribution in [3.8, 4) is 0 Å². The van der Waals surface area contributed by atoms with Gasteiger partial charge in [-0.3, -0.25) is 4.57 Å². The Morgan fingerprint density at radius 3 is 2.72 bits per heavy atom. The number of nitrogens with one attached hydrogen (secondary N) is 2. The monoisotopic (exact) mass is 342 g/mol. The molecule has 132 valence electrons. The number of anilines is 3. The number of aromatic nitrogens is 4. The molecule has 0 unspecified atom stereocenters. The zero-order valence-electron chi connectivity index (χ0n) is 14.8. The maximum absolute atomic E-state index is 14.0. The van der Waals surface area contributed by atoms with Gasteiger partial charge >= 0.3 is 0 Å². The van der Waals surface area contributed by atoms with Crippen molar-refractivity contribution in [2.24, 2.45) is 5.92 Å². The van der Waals surface area contributed by atoms with E-state index in [-0.39, 0.29) is 5.82 Å². The second kappa shape index (κ2) is 7.46. The van der Waals surface area contributed by atoms with Gasteiger partial charge in [-0.15, -0.1) is 0 Å². The first kappa shape index (κ1) is 17.1. The van der Waals surface area contributed by atoms with Crippen LogP contribution in [0.4, 0.5) is 22.0 Å². The zero-order valence-corrected chi connectivity index (χ0v) is 14.8. The maximum Gasteiger partial charge on any atom is 0.224 e. The number of benzene rings is 1. The highest BCUT2D eigenvalue weighted by Gasteiger charge is 2.15. The van der Waals surface area contributed by atoms with Gasteiger partial charge in [0.25, 0.3) is 0 Å². The Hall–Kier alpha value is -2.70. The predicted octanol–water partition coefficient (Wildman–Crippen LogP) is 4.19. The van der Waals surface area contributed by atoms with E-state index >= 15 is 0 Å². The van der Waals surface area contributed by atoms with Crippen molar-refractivity contribution in [1.82, 2.24) is 19.5 Å². The van der Waals surface area contributed by atoms with E-state index < -0.39 is 0 Å². The summed E-state index contributed by atoms with van der Waals surface area (Å²) in [5.74, 6) is 1.22. The van der Waals surface area contributed by atoms with Gasteiger partial charge in [0, 0.05) is 13.1 Å². The van der Waals surface area contributed by atoms with Crippen LogP contribution in [0.3, 0.4) is 0 Å². The minimum Gasteiger partial charge on any atom is -0.354 e. The lowest BCUT2D eigenvalue weighted by atomic mass is 10.2. The van der Waals surface area contributed by atoms with Gasteiger partial charge in [-0.2, -0.15) is 4.98 Å². The normalized spacial score (nSPS) is 11.2. The Balaban J connectivity index is 2.02. The van der Waals surface area contributed by atoms with Gasteiger partial charge in [-0.05, 0) is 24.5 Å². The van der Waals surface area contributed by atoms with Crippen LogP contribution in [-0.2, 0) is 6.54 Å². The average Bonchev–Trinajstić information content (AvgIpc) is 2.91. The van der Waals surface area contributed by atoms with Crippen LogP contribution >= 0.6 is 0 Å². The average molecular weight is 342 g/mol. The van der Waals surface area contributed by atoms with Crippen molar-refractivity contribution in [1.29, 1.82) is 0 Å². The van der Waals surface area contributed by atoms with Crippen LogP contribution in [0, 0.1) is 11.7 Å². The minimum absolute atomic E-state index is 0.318. The Kier molecular flexibility index (Phi) is 5.11. The molecule has 0 radical (unpaired) electrons. The first-order valence-electron chi connectivity index (χ1n) is 8.57. The van der Waals surface area contributed by atoms with E-state index in [1.54, 1.807) is 24.4 Å². The highest BCUT2D eigenvalue weighted by molar-refractivity contribution is 5.76. The van der Waals surface area contributed by atoms with Gasteiger partial charge < -0.3 is 10.6 Å². The van der Waals surface area contributed by atoms with Crippen LogP contribution in [0.2, 0.25) is 0 Å². The first-order chi connectivity index (χ1) is 12.1. The van der Waals surface area contributed by atoms with Crippen molar-refractivity contribution < 1.29 is 4.39 Å². The van der Waals surface area contributed by atoms with Crippen molar-refractivity contribution in [2.75, 3.05) is 17.2 Å². The van der Waals surface area contributed by atoms with Gasteiger partial charge in [0.15, 0.2) is 5.65 Å². The van der Waals surface area contributed by atoms with Crippen LogP contribution in [-0.4, -0.2) is 26.1 Å². The molecule has 0 aliphatic rings. The second-order valence-electron chi connectivity index (χ2n) is 6.37. The number of nitrogens with zero attached hydrogens (tertiary/aromatic N) is 4. The molecule has 0 bridgehead atoms. The minimum atomic E-state index is -0.318. The molecule has 0 fully saturated rings. The summed E-state index contributed by atoms with van der Waals surface area (Å²) >= 11 is 0. The number of para-hydroxylation sites is 1. The zero-order chi connectivity index (χ0) is 17.8. The van der Waals surface area contributed by atoms with Gasteiger partial charge in [-0.25, -0.2) is 14.4 Å². The molecule has 0 aliphatic carbocycles. The Morgan fingerprint density at radius 2 is 2.00 bits per heavy atom. The number of hydrogen-bond donors (Lipinski definition) is 2. The van der Waals surface area contributed by atoms with E-state index in [1.807, 2.05) is 4.57 Å². The Bertz CT molecular complexity index is 858. The Labute approximate surface area is 146 Å². The summed E-state index contributed by atoms with van der Waals surface area (Å²) in [6.07, 6.45) is 2.69. The highest BCUT2D eigenvalue weighted by atomic mass is 19.1.